The van der Waals surface area contributed by atoms with Gasteiger partial charge in [-0.15, -0.1) is 0 Å². The summed E-state index contributed by atoms with van der Waals surface area (Å²) in [5, 5.41) is 0. The first-order valence-electron chi connectivity index (χ1n) is 15.7. The lowest BCUT2D eigenvalue weighted by molar-refractivity contribution is -0.886. The number of quaternary nitrogens is 4. The van der Waals surface area contributed by atoms with Crippen molar-refractivity contribution in [1.82, 2.24) is 0 Å². The van der Waals surface area contributed by atoms with Crippen LogP contribution in [-0.4, -0.2) is 129 Å². The topological polar surface area (TPSA) is 36.9 Å². The average Bonchev–Trinajstić information content (AvgIpc) is 2.94. The molecule has 0 saturated heterocycles. The van der Waals surface area contributed by atoms with Gasteiger partial charge in [-0.1, -0.05) is 48.6 Å². The number of hydrogen-bond acceptors (Lipinski definition) is 4. The molecule has 0 heterocycles. The van der Waals surface area contributed by atoms with Gasteiger partial charge in [0.15, 0.2) is 0 Å². The summed E-state index contributed by atoms with van der Waals surface area (Å²) < 4.78 is 27.3. The predicted octanol–water partition coefficient (Wildman–Crippen LogP) is 6.20. The quantitative estimate of drug-likeness (QED) is 0.107. The molecule has 3 aromatic carbocycles. The first kappa shape index (κ1) is 36.6. The SMILES string of the molecule is C[N+](C)(C)COc1cc(/C=C/c2ccc(/C=C/c3cc(OC[N+](C)(C)C)cc(OC[N+](C)(C)C)c3)cc2)cc(OC[N+](C)(C)C)c1. The number of benzene rings is 3. The van der Waals surface area contributed by atoms with E-state index in [1.54, 1.807) is 0 Å². The molecule has 0 aliphatic carbocycles. The van der Waals surface area contributed by atoms with E-state index in [9.17, 15) is 0 Å². The predicted molar refractivity (Wildman–Crippen MR) is 191 cm³/mol. The molecular weight excluding hydrogens is 576 g/mol. The van der Waals surface area contributed by atoms with Crippen LogP contribution in [0.2, 0.25) is 0 Å². The molecule has 0 fully saturated rings. The minimum atomic E-state index is 0.564. The van der Waals surface area contributed by atoms with Crippen LogP contribution in [0.25, 0.3) is 24.3 Å². The van der Waals surface area contributed by atoms with Gasteiger partial charge in [0.2, 0.25) is 26.9 Å². The smallest absolute Gasteiger partial charge is 0.223 e. The van der Waals surface area contributed by atoms with Crippen molar-refractivity contribution in [2.75, 3.05) is 111 Å². The number of rotatable bonds is 16. The molecule has 0 atom stereocenters. The summed E-state index contributed by atoms with van der Waals surface area (Å²) in [6.45, 7) is 2.26. The molecule has 3 rings (SSSR count). The van der Waals surface area contributed by atoms with E-state index in [0.717, 1.165) is 45.3 Å². The Kier molecular flexibility index (Phi) is 12.1. The highest BCUT2D eigenvalue weighted by atomic mass is 16.5. The molecule has 0 unspecified atom stereocenters. The van der Waals surface area contributed by atoms with Crippen molar-refractivity contribution >= 4 is 24.3 Å². The number of ether oxygens (including phenoxy) is 4. The minimum Gasteiger partial charge on any atom is -0.445 e. The third-order valence-corrected chi connectivity index (χ3v) is 6.15. The molecule has 0 aliphatic rings. The number of nitrogens with zero attached hydrogens (tertiary/aromatic N) is 4. The maximum absolute atomic E-state index is 6.11. The Morgan fingerprint density at radius 1 is 0.348 bits per heavy atom. The maximum Gasteiger partial charge on any atom is 0.223 e. The van der Waals surface area contributed by atoms with Gasteiger partial charge >= 0.3 is 0 Å². The lowest BCUT2D eigenvalue weighted by atomic mass is 10.1. The first-order valence-corrected chi connectivity index (χ1v) is 15.7. The molecule has 0 spiro atoms. The second-order valence-corrected chi connectivity index (χ2v) is 16.1. The van der Waals surface area contributed by atoms with Gasteiger partial charge in [0.25, 0.3) is 0 Å². The molecule has 0 saturated carbocycles. The van der Waals surface area contributed by atoms with Crippen molar-refractivity contribution in [2.24, 2.45) is 0 Å². The maximum atomic E-state index is 6.11. The molecule has 0 radical (unpaired) electrons. The Balaban J connectivity index is 1.77. The van der Waals surface area contributed by atoms with Gasteiger partial charge in [-0.2, -0.15) is 0 Å². The van der Waals surface area contributed by atoms with Gasteiger partial charge in [0.1, 0.15) is 23.0 Å². The third kappa shape index (κ3) is 15.0. The fraction of sp³-hybridized carbons (Fsp3) is 0.421. The van der Waals surface area contributed by atoms with E-state index in [-0.39, 0.29) is 0 Å². The third-order valence-electron chi connectivity index (χ3n) is 6.15. The molecule has 250 valence electrons. The lowest BCUT2D eigenvalue weighted by Gasteiger charge is -2.25. The van der Waals surface area contributed by atoms with E-state index >= 15 is 0 Å². The van der Waals surface area contributed by atoms with Crippen LogP contribution in [0.5, 0.6) is 23.0 Å². The zero-order valence-electron chi connectivity index (χ0n) is 30.3. The zero-order valence-corrected chi connectivity index (χ0v) is 30.3. The van der Waals surface area contributed by atoms with Crippen LogP contribution < -0.4 is 18.9 Å². The second kappa shape index (κ2) is 15.2. The lowest BCUT2D eigenvalue weighted by Crippen LogP contribution is -2.38. The van der Waals surface area contributed by atoms with Crippen LogP contribution in [0.4, 0.5) is 0 Å². The van der Waals surface area contributed by atoms with Crippen molar-refractivity contribution in [3.63, 3.8) is 0 Å². The summed E-state index contributed by atoms with van der Waals surface area (Å²) in [6, 6.07) is 20.6. The van der Waals surface area contributed by atoms with Crippen LogP contribution in [0.3, 0.4) is 0 Å². The van der Waals surface area contributed by atoms with E-state index in [1.807, 2.05) is 12.1 Å². The average molecular weight is 635 g/mol. The van der Waals surface area contributed by atoms with E-state index in [1.165, 1.54) is 0 Å². The van der Waals surface area contributed by atoms with Crippen molar-refractivity contribution < 1.29 is 36.9 Å². The van der Waals surface area contributed by atoms with E-state index in [2.05, 4.69) is 157 Å². The van der Waals surface area contributed by atoms with E-state index in [0.29, 0.717) is 44.9 Å². The fourth-order valence-electron chi connectivity index (χ4n) is 3.89. The Hall–Kier alpha value is -3.82. The summed E-state index contributed by atoms with van der Waals surface area (Å²) in [5.74, 6) is 3.19. The monoisotopic (exact) mass is 634 g/mol. The fourth-order valence-corrected chi connectivity index (χ4v) is 3.89. The van der Waals surface area contributed by atoms with Gasteiger partial charge in [-0.25, -0.2) is 0 Å². The van der Waals surface area contributed by atoms with Gasteiger partial charge < -0.3 is 18.9 Å². The van der Waals surface area contributed by atoms with Crippen LogP contribution in [-0.2, 0) is 0 Å². The first-order chi connectivity index (χ1) is 21.2. The second-order valence-electron chi connectivity index (χ2n) is 16.1. The highest BCUT2D eigenvalue weighted by Gasteiger charge is 2.13. The molecule has 46 heavy (non-hydrogen) atoms. The molecule has 3 aromatic rings. The normalized spacial score (nSPS) is 13.0. The Labute approximate surface area is 278 Å². The Morgan fingerprint density at radius 2 is 0.565 bits per heavy atom. The van der Waals surface area contributed by atoms with Crippen LogP contribution in [0.15, 0.2) is 60.7 Å². The summed E-state index contributed by atoms with van der Waals surface area (Å²) in [7, 11) is 25.3. The van der Waals surface area contributed by atoms with E-state index < -0.39 is 0 Å². The Morgan fingerprint density at radius 3 is 0.783 bits per heavy atom. The molecule has 8 nitrogen and oxygen atoms in total. The molecule has 0 amide bonds. The highest BCUT2D eigenvalue weighted by Crippen LogP contribution is 2.27. The van der Waals surface area contributed by atoms with Gasteiger partial charge in [-0.3, -0.25) is 17.9 Å². The van der Waals surface area contributed by atoms with Gasteiger partial charge in [0.05, 0.1) is 84.6 Å². The molecule has 0 bridgehead atoms. The minimum absolute atomic E-state index is 0.564. The summed E-state index contributed by atoms with van der Waals surface area (Å²) >= 11 is 0. The van der Waals surface area contributed by atoms with E-state index in [4.69, 9.17) is 18.9 Å². The van der Waals surface area contributed by atoms with Crippen LogP contribution >= 0.6 is 0 Å². The molecule has 0 aliphatic heterocycles. The largest absolute Gasteiger partial charge is 0.445 e. The molecule has 0 N–H and O–H groups in total. The zero-order chi connectivity index (χ0) is 34.2. The standard InChI is InChI=1S/C38H58N4O4/c1-39(2,3)27-43-35-21-33(22-36(25-35)44-28-40(4,5)6)19-17-31-13-15-32(16-14-31)18-20-34-23-37(45-29-41(7,8)9)26-38(24-34)46-30-42(10,11)12/h13-26H,27-30H2,1-12H3/q+4/b19-17+,20-18+. The summed E-state index contributed by atoms with van der Waals surface area (Å²) in [4.78, 5) is 0. The van der Waals surface area contributed by atoms with Crippen molar-refractivity contribution in [2.45, 2.75) is 0 Å². The number of hydrogen-bond donors (Lipinski definition) is 0. The highest BCUT2D eigenvalue weighted by molar-refractivity contribution is 5.74. The Bertz CT molecular complexity index is 1280. The van der Waals surface area contributed by atoms with Crippen molar-refractivity contribution in [3.8, 4) is 23.0 Å². The van der Waals surface area contributed by atoms with Crippen LogP contribution in [0.1, 0.15) is 22.3 Å². The molecule has 0 aromatic heterocycles. The van der Waals surface area contributed by atoms with Crippen LogP contribution in [0, 0.1) is 0 Å². The van der Waals surface area contributed by atoms with Gasteiger partial charge in [-0.05, 0) is 46.5 Å². The van der Waals surface area contributed by atoms with Crippen molar-refractivity contribution in [1.29, 1.82) is 0 Å². The molecule has 8 heteroatoms. The summed E-state index contributed by atoms with van der Waals surface area (Å²) in [5.41, 5.74) is 4.26. The summed E-state index contributed by atoms with van der Waals surface area (Å²) in [6.07, 6.45) is 8.42. The molecular formula is C38H58N4O4+4. The van der Waals surface area contributed by atoms with Crippen molar-refractivity contribution in [3.05, 3.63) is 82.9 Å². The van der Waals surface area contributed by atoms with Gasteiger partial charge in [0, 0.05) is 12.1 Å².